The van der Waals surface area contributed by atoms with Crippen molar-refractivity contribution in [2.75, 3.05) is 38.5 Å². The van der Waals surface area contributed by atoms with E-state index in [4.69, 9.17) is 0 Å². The molecule has 1 heterocycles. The highest BCUT2D eigenvalue weighted by atomic mass is 15.2. The molecule has 0 bridgehead atoms. The molecular formula is C14H23N3. The maximum Gasteiger partial charge on any atom is 0.0390 e. The second kappa shape index (κ2) is 6.03. The summed E-state index contributed by atoms with van der Waals surface area (Å²) in [6, 6.07) is 9.34. The van der Waals surface area contributed by atoms with Crippen molar-refractivity contribution in [3.63, 3.8) is 0 Å². The third kappa shape index (κ3) is 3.45. The predicted molar refractivity (Wildman–Crippen MR) is 73.6 cm³/mol. The fourth-order valence-electron chi connectivity index (χ4n) is 2.18. The van der Waals surface area contributed by atoms with Crippen molar-refractivity contribution in [1.82, 2.24) is 10.2 Å². The van der Waals surface area contributed by atoms with Gasteiger partial charge in [-0.3, -0.25) is 4.90 Å². The first-order chi connectivity index (χ1) is 8.29. The molecule has 3 nitrogen and oxygen atoms in total. The molecule has 1 aliphatic rings. The minimum atomic E-state index is 0.592. The van der Waals surface area contributed by atoms with Gasteiger partial charge in [-0.2, -0.15) is 0 Å². The van der Waals surface area contributed by atoms with Crippen LogP contribution in [0.2, 0.25) is 0 Å². The molecule has 0 spiro atoms. The third-order valence-corrected chi connectivity index (χ3v) is 3.55. The van der Waals surface area contributed by atoms with Crippen LogP contribution in [0.1, 0.15) is 12.5 Å². The molecule has 1 fully saturated rings. The highest BCUT2D eigenvalue weighted by Crippen LogP contribution is 2.10. The van der Waals surface area contributed by atoms with E-state index in [1.807, 2.05) is 0 Å². The van der Waals surface area contributed by atoms with E-state index in [9.17, 15) is 0 Å². The van der Waals surface area contributed by atoms with E-state index in [0.717, 1.165) is 32.6 Å². The number of likely N-dealkylation sites (N-methyl/N-ethyl adjacent to an activating group) is 1. The second-order valence-electron chi connectivity index (χ2n) is 4.77. The first-order valence-corrected chi connectivity index (χ1v) is 6.53. The summed E-state index contributed by atoms with van der Waals surface area (Å²) in [5, 5.41) is 6.95. The van der Waals surface area contributed by atoms with Crippen LogP contribution in [0.15, 0.2) is 24.3 Å². The zero-order chi connectivity index (χ0) is 12.1. The average molecular weight is 233 g/mol. The van der Waals surface area contributed by atoms with Gasteiger partial charge < -0.3 is 10.6 Å². The molecule has 1 atom stereocenters. The molecule has 1 aromatic carbocycles. The van der Waals surface area contributed by atoms with Crippen molar-refractivity contribution < 1.29 is 0 Å². The van der Waals surface area contributed by atoms with Crippen molar-refractivity contribution in [1.29, 1.82) is 0 Å². The zero-order valence-corrected chi connectivity index (χ0v) is 10.9. The van der Waals surface area contributed by atoms with Crippen molar-refractivity contribution in [3.8, 4) is 0 Å². The molecule has 17 heavy (non-hydrogen) atoms. The SMILES string of the molecule is CCc1ccc(NCC2CNCCN2C)cc1. The van der Waals surface area contributed by atoms with Crippen LogP contribution in [0.4, 0.5) is 5.69 Å². The first-order valence-electron chi connectivity index (χ1n) is 6.53. The van der Waals surface area contributed by atoms with Gasteiger partial charge in [0.05, 0.1) is 0 Å². The van der Waals surface area contributed by atoms with Gasteiger partial charge in [-0.05, 0) is 31.2 Å². The van der Waals surface area contributed by atoms with Crippen molar-refractivity contribution in [2.45, 2.75) is 19.4 Å². The molecule has 2 N–H and O–H groups in total. The Morgan fingerprint density at radius 1 is 1.35 bits per heavy atom. The first kappa shape index (κ1) is 12.4. The van der Waals surface area contributed by atoms with Crippen molar-refractivity contribution in [3.05, 3.63) is 29.8 Å². The van der Waals surface area contributed by atoms with Gasteiger partial charge in [-0.1, -0.05) is 19.1 Å². The summed E-state index contributed by atoms with van der Waals surface area (Å²) in [4.78, 5) is 2.42. The lowest BCUT2D eigenvalue weighted by molar-refractivity contribution is 0.209. The van der Waals surface area contributed by atoms with E-state index in [0.29, 0.717) is 6.04 Å². The lowest BCUT2D eigenvalue weighted by Gasteiger charge is -2.33. The van der Waals surface area contributed by atoms with Crippen LogP contribution in [-0.2, 0) is 6.42 Å². The number of rotatable bonds is 4. The van der Waals surface area contributed by atoms with Crippen LogP contribution in [0.3, 0.4) is 0 Å². The molecule has 0 radical (unpaired) electrons. The summed E-state index contributed by atoms with van der Waals surface area (Å²) in [7, 11) is 2.20. The Morgan fingerprint density at radius 2 is 2.12 bits per heavy atom. The van der Waals surface area contributed by atoms with E-state index in [1.54, 1.807) is 0 Å². The topological polar surface area (TPSA) is 27.3 Å². The molecule has 3 heteroatoms. The monoisotopic (exact) mass is 233 g/mol. The van der Waals surface area contributed by atoms with Gasteiger partial charge in [0.25, 0.3) is 0 Å². The van der Waals surface area contributed by atoms with Crippen LogP contribution >= 0.6 is 0 Å². The Balaban J connectivity index is 1.84. The van der Waals surface area contributed by atoms with Gasteiger partial charge in [0.2, 0.25) is 0 Å². The second-order valence-corrected chi connectivity index (χ2v) is 4.77. The highest BCUT2D eigenvalue weighted by molar-refractivity contribution is 5.44. The van der Waals surface area contributed by atoms with Gasteiger partial charge in [-0.15, -0.1) is 0 Å². The summed E-state index contributed by atoms with van der Waals surface area (Å²) in [5.41, 5.74) is 2.62. The smallest absolute Gasteiger partial charge is 0.0390 e. The zero-order valence-electron chi connectivity index (χ0n) is 10.9. The molecular weight excluding hydrogens is 210 g/mol. The lowest BCUT2D eigenvalue weighted by atomic mass is 10.1. The minimum absolute atomic E-state index is 0.592. The van der Waals surface area contributed by atoms with E-state index in [-0.39, 0.29) is 0 Å². The number of hydrogen-bond acceptors (Lipinski definition) is 3. The van der Waals surface area contributed by atoms with E-state index in [2.05, 4.69) is 53.8 Å². The number of anilines is 1. The molecule has 0 saturated carbocycles. The fraction of sp³-hybridized carbons (Fsp3) is 0.571. The van der Waals surface area contributed by atoms with Gasteiger partial charge in [0.15, 0.2) is 0 Å². The van der Waals surface area contributed by atoms with Crippen LogP contribution < -0.4 is 10.6 Å². The standard InChI is InChI=1S/C14H23N3/c1-3-12-4-6-13(7-5-12)16-11-14-10-15-8-9-17(14)2/h4-7,14-16H,3,8-11H2,1-2H3. The van der Waals surface area contributed by atoms with Gasteiger partial charge in [-0.25, -0.2) is 0 Å². The summed E-state index contributed by atoms with van der Waals surface area (Å²) >= 11 is 0. The minimum Gasteiger partial charge on any atom is -0.383 e. The van der Waals surface area contributed by atoms with E-state index < -0.39 is 0 Å². The van der Waals surface area contributed by atoms with Gasteiger partial charge in [0, 0.05) is 37.9 Å². The molecule has 1 saturated heterocycles. The summed E-state index contributed by atoms with van der Waals surface area (Å²) in [5.74, 6) is 0. The molecule has 2 rings (SSSR count). The molecule has 1 unspecified atom stereocenters. The summed E-state index contributed by atoms with van der Waals surface area (Å²) < 4.78 is 0. The largest absolute Gasteiger partial charge is 0.383 e. The highest BCUT2D eigenvalue weighted by Gasteiger charge is 2.17. The predicted octanol–water partition coefficient (Wildman–Crippen LogP) is 1.56. The van der Waals surface area contributed by atoms with Gasteiger partial charge >= 0.3 is 0 Å². The van der Waals surface area contributed by atoms with E-state index in [1.165, 1.54) is 11.3 Å². The number of aryl methyl sites for hydroxylation is 1. The Hall–Kier alpha value is -1.06. The van der Waals surface area contributed by atoms with E-state index >= 15 is 0 Å². The molecule has 0 amide bonds. The number of piperazine rings is 1. The molecule has 0 aliphatic carbocycles. The summed E-state index contributed by atoms with van der Waals surface area (Å²) in [6.07, 6.45) is 1.11. The fourth-order valence-corrected chi connectivity index (χ4v) is 2.18. The molecule has 94 valence electrons. The van der Waals surface area contributed by atoms with Crippen molar-refractivity contribution in [2.24, 2.45) is 0 Å². The Kier molecular flexibility index (Phi) is 4.40. The normalized spacial score (nSPS) is 21.4. The molecule has 1 aromatic rings. The molecule has 0 aromatic heterocycles. The number of nitrogens with one attached hydrogen (secondary N) is 2. The number of benzene rings is 1. The van der Waals surface area contributed by atoms with Crippen LogP contribution in [0.25, 0.3) is 0 Å². The number of nitrogens with zero attached hydrogens (tertiary/aromatic N) is 1. The maximum atomic E-state index is 3.51. The van der Waals surface area contributed by atoms with Crippen LogP contribution in [0, 0.1) is 0 Å². The Bertz CT molecular complexity index is 334. The molecule has 1 aliphatic heterocycles. The maximum absolute atomic E-state index is 3.51. The number of hydrogen-bond donors (Lipinski definition) is 2. The Labute approximate surface area is 104 Å². The summed E-state index contributed by atoms with van der Waals surface area (Å²) in [6.45, 7) is 6.52. The van der Waals surface area contributed by atoms with Crippen molar-refractivity contribution >= 4 is 5.69 Å². The Morgan fingerprint density at radius 3 is 2.76 bits per heavy atom. The van der Waals surface area contributed by atoms with Crippen LogP contribution in [0.5, 0.6) is 0 Å². The lowest BCUT2D eigenvalue weighted by Crippen LogP contribution is -2.52. The quantitative estimate of drug-likeness (QED) is 0.826. The van der Waals surface area contributed by atoms with Crippen LogP contribution in [-0.4, -0.2) is 44.2 Å². The third-order valence-electron chi connectivity index (χ3n) is 3.55. The van der Waals surface area contributed by atoms with Gasteiger partial charge in [0.1, 0.15) is 0 Å². The average Bonchev–Trinajstić information content (AvgIpc) is 2.38.